The van der Waals surface area contributed by atoms with Crippen LogP contribution in [0.4, 0.5) is 4.39 Å². The Morgan fingerprint density at radius 1 is 1.56 bits per heavy atom. The molecule has 0 saturated heterocycles. The summed E-state index contributed by atoms with van der Waals surface area (Å²) in [7, 11) is 0. The summed E-state index contributed by atoms with van der Waals surface area (Å²) in [5, 5.41) is 9.01. The van der Waals surface area contributed by atoms with E-state index in [-0.39, 0.29) is 17.9 Å². The van der Waals surface area contributed by atoms with Gasteiger partial charge in [-0.05, 0) is 47.4 Å². The minimum absolute atomic E-state index is 0.0225. The average molecular weight is 245 g/mol. The lowest BCUT2D eigenvalue weighted by molar-refractivity contribution is -0.107. The molecule has 1 saturated carbocycles. The van der Waals surface area contributed by atoms with Crippen LogP contribution in [0.1, 0.15) is 60.8 Å². The van der Waals surface area contributed by atoms with Gasteiger partial charge in [0.05, 0.1) is 5.56 Å². The van der Waals surface area contributed by atoms with Gasteiger partial charge in [-0.15, -0.1) is 0 Å². The van der Waals surface area contributed by atoms with Gasteiger partial charge in [0.2, 0.25) is 0 Å². The predicted molar refractivity (Wildman–Crippen MR) is 66.9 cm³/mol. The SMILES string of the molecule is CC(C)c1c(F)c(C#N)cc(C2CC2)c1CC=O. The van der Waals surface area contributed by atoms with Crippen molar-refractivity contribution in [3.05, 3.63) is 34.1 Å². The molecule has 0 amide bonds. The van der Waals surface area contributed by atoms with E-state index >= 15 is 0 Å². The summed E-state index contributed by atoms with van der Waals surface area (Å²) in [5.41, 5.74) is 2.46. The van der Waals surface area contributed by atoms with Crippen molar-refractivity contribution in [2.75, 3.05) is 0 Å². The monoisotopic (exact) mass is 245 g/mol. The lowest BCUT2D eigenvalue weighted by atomic mass is 9.87. The molecule has 1 aromatic rings. The second kappa shape index (κ2) is 4.89. The first kappa shape index (κ1) is 12.8. The highest BCUT2D eigenvalue weighted by Gasteiger charge is 2.30. The lowest BCUT2D eigenvalue weighted by Gasteiger charge is -2.17. The molecule has 1 fully saturated rings. The smallest absolute Gasteiger partial charge is 0.144 e. The largest absolute Gasteiger partial charge is 0.303 e. The van der Waals surface area contributed by atoms with Gasteiger partial charge in [0, 0.05) is 6.42 Å². The van der Waals surface area contributed by atoms with Crippen molar-refractivity contribution in [1.29, 1.82) is 5.26 Å². The Hall–Kier alpha value is -1.69. The van der Waals surface area contributed by atoms with E-state index in [1.54, 1.807) is 6.07 Å². The zero-order valence-electron chi connectivity index (χ0n) is 10.7. The van der Waals surface area contributed by atoms with E-state index in [0.29, 0.717) is 11.5 Å². The first-order chi connectivity index (χ1) is 8.60. The number of hydrogen-bond donors (Lipinski definition) is 0. The number of benzene rings is 1. The van der Waals surface area contributed by atoms with Crippen molar-refractivity contribution in [1.82, 2.24) is 0 Å². The summed E-state index contributed by atoms with van der Waals surface area (Å²) in [6.07, 6.45) is 3.19. The van der Waals surface area contributed by atoms with Crippen molar-refractivity contribution >= 4 is 6.29 Å². The molecule has 0 aromatic heterocycles. The molecule has 0 N–H and O–H groups in total. The topological polar surface area (TPSA) is 40.9 Å². The van der Waals surface area contributed by atoms with E-state index in [0.717, 1.165) is 30.3 Å². The van der Waals surface area contributed by atoms with Crippen LogP contribution in [0.2, 0.25) is 0 Å². The van der Waals surface area contributed by atoms with E-state index in [9.17, 15) is 9.18 Å². The fourth-order valence-electron chi connectivity index (χ4n) is 2.49. The summed E-state index contributed by atoms with van der Waals surface area (Å²) < 4.78 is 14.2. The standard InChI is InChI=1S/C15H16FNO/c1-9(2)14-12(5-6-18)13(10-3-4-10)7-11(8-17)15(14)16/h6-7,9-10H,3-5H2,1-2H3. The van der Waals surface area contributed by atoms with Gasteiger partial charge in [-0.25, -0.2) is 4.39 Å². The minimum Gasteiger partial charge on any atom is -0.303 e. The van der Waals surface area contributed by atoms with Crippen LogP contribution in [0, 0.1) is 17.1 Å². The Morgan fingerprint density at radius 2 is 2.22 bits per heavy atom. The van der Waals surface area contributed by atoms with E-state index in [1.165, 1.54) is 0 Å². The Balaban J connectivity index is 2.69. The third kappa shape index (κ3) is 2.15. The third-order valence-corrected chi connectivity index (χ3v) is 3.45. The Morgan fingerprint density at radius 3 is 2.67 bits per heavy atom. The third-order valence-electron chi connectivity index (χ3n) is 3.45. The highest BCUT2D eigenvalue weighted by molar-refractivity contribution is 5.61. The zero-order valence-corrected chi connectivity index (χ0v) is 10.7. The molecule has 0 atom stereocenters. The van der Waals surface area contributed by atoms with E-state index < -0.39 is 5.82 Å². The Bertz CT molecular complexity index is 524. The molecular weight excluding hydrogens is 229 g/mol. The van der Waals surface area contributed by atoms with Gasteiger partial charge in [0.1, 0.15) is 18.2 Å². The Labute approximate surface area is 106 Å². The molecule has 1 aliphatic carbocycles. The van der Waals surface area contributed by atoms with Crippen LogP contribution in [-0.4, -0.2) is 6.29 Å². The zero-order chi connectivity index (χ0) is 13.3. The first-order valence-corrected chi connectivity index (χ1v) is 6.29. The molecule has 0 unspecified atom stereocenters. The fraction of sp³-hybridized carbons (Fsp3) is 0.467. The van der Waals surface area contributed by atoms with Crippen LogP contribution >= 0.6 is 0 Å². The quantitative estimate of drug-likeness (QED) is 0.762. The maximum absolute atomic E-state index is 14.2. The number of nitrogens with zero attached hydrogens (tertiary/aromatic N) is 1. The maximum Gasteiger partial charge on any atom is 0.144 e. The van der Waals surface area contributed by atoms with Crippen LogP contribution in [0.25, 0.3) is 0 Å². The van der Waals surface area contributed by atoms with Crippen molar-refractivity contribution in [3.8, 4) is 6.07 Å². The van der Waals surface area contributed by atoms with Crippen LogP contribution in [-0.2, 0) is 11.2 Å². The van der Waals surface area contributed by atoms with Gasteiger partial charge < -0.3 is 4.79 Å². The molecule has 2 nitrogen and oxygen atoms in total. The normalized spacial score (nSPS) is 14.6. The molecular formula is C15H16FNO. The van der Waals surface area contributed by atoms with Crippen LogP contribution in [0.15, 0.2) is 6.07 Å². The summed E-state index contributed by atoms with van der Waals surface area (Å²) in [6, 6.07) is 3.56. The van der Waals surface area contributed by atoms with Gasteiger partial charge >= 0.3 is 0 Å². The molecule has 94 valence electrons. The van der Waals surface area contributed by atoms with Crippen molar-refractivity contribution in [2.24, 2.45) is 0 Å². The van der Waals surface area contributed by atoms with Crippen molar-refractivity contribution < 1.29 is 9.18 Å². The van der Waals surface area contributed by atoms with Crippen molar-refractivity contribution in [2.45, 2.75) is 44.9 Å². The number of carbonyl (C=O) groups is 1. The molecule has 0 heterocycles. The molecule has 1 aromatic carbocycles. The highest BCUT2D eigenvalue weighted by atomic mass is 19.1. The van der Waals surface area contributed by atoms with Gasteiger partial charge in [-0.2, -0.15) is 5.26 Å². The van der Waals surface area contributed by atoms with Gasteiger partial charge in [0.25, 0.3) is 0 Å². The van der Waals surface area contributed by atoms with Gasteiger partial charge in [-0.1, -0.05) is 13.8 Å². The predicted octanol–water partition coefficient (Wildman–Crippen LogP) is 3.44. The Kier molecular flexibility index (Phi) is 3.47. The van der Waals surface area contributed by atoms with E-state index in [1.807, 2.05) is 19.9 Å². The molecule has 0 spiro atoms. The summed E-state index contributed by atoms with van der Waals surface area (Å²) >= 11 is 0. The minimum atomic E-state index is -0.450. The van der Waals surface area contributed by atoms with Gasteiger partial charge in [0.15, 0.2) is 0 Å². The number of nitriles is 1. The summed E-state index contributed by atoms with van der Waals surface area (Å²) in [4.78, 5) is 10.8. The van der Waals surface area contributed by atoms with E-state index in [4.69, 9.17) is 5.26 Å². The number of aldehydes is 1. The van der Waals surface area contributed by atoms with E-state index in [2.05, 4.69) is 0 Å². The number of rotatable bonds is 4. The van der Waals surface area contributed by atoms with Crippen LogP contribution in [0.5, 0.6) is 0 Å². The first-order valence-electron chi connectivity index (χ1n) is 6.29. The summed E-state index contributed by atoms with van der Waals surface area (Å²) in [5.74, 6) is -0.0651. The summed E-state index contributed by atoms with van der Waals surface area (Å²) in [6.45, 7) is 3.79. The molecule has 1 aliphatic rings. The fourth-order valence-corrected chi connectivity index (χ4v) is 2.49. The second-order valence-corrected chi connectivity index (χ2v) is 5.13. The molecule has 18 heavy (non-hydrogen) atoms. The molecule has 3 heteroatoms. The van der Waals surface area contributed by atoms with Crippen LogP contribution < -0.4 is 0 Å². The molecule has 0 bridgehead atoms. The second-order valence-electron chi connectivity index (χ2n) is 5.13. The molecule has 2 rings (SSSR count). The van der Waals surface area contributed by atoms with Gasteiger partial charge in [-0.3, -0.25) is 0 Å². The number of hydrogen-bond acceptors (Lipinski definition) is 2. The maximum atomic E-state index is 14.2. The lowest BCUT2D eigenvalue weighted by Crippen LogP contribution is -2.08. The molecule has 0 radical (unpaired) electrons. The average Bonchev–Trinajstić information content (AvgIpc) is 3.13. The highest BCUT2D eigenvalue weighted by Crippen LogP contribution is 2.44. The van der Waals surface area contributed by atoms with Crippen LogP contribution in [0.3, 0.4) is 0 Å². The number of carbonyl (C=O) groups excluding carboxylic acids is 1. The van der Waals surface area contributed by atoms with Crippen molar-refractivity contribution in [3.63, 3.8) is 0 Å². The number of halogens is 1. The molecule has 0 aliphatic heterocycles.